The van der Waals surface area contributed by atoms with E-state index < -0.39 is 0 Å². The number of benzene rings is 1. The van der Waals surface area contributed by atoms with Crippen molar-refractivity contribution in [1.29, 1.82) is 0 Å². The van der Waals surface area contributed by atoms with Crippen LogP contribution in [-0.4, -0.2) is 36.2 Å². The molecule has 1 aliphatic rings. The smallest absolute Gasteiger partial charge is 0.173 e. The first kappa shape index (κ1) is 21.6. The van der Waals surface area contributed by atoms with E-state index in [1.807, 2.05) is 25.1 Å². The van der Waals surface area contributed by atoms with Gasteiger partial charge in [-0.25, -0.2) is 0 Å². The van der Waals surface area contributed by atoms with E-state index >= 15 is 0 Å². The second kappa shape index (κ2) is 10.6. The zero-order chi connectivity index (χ0) is 19.9. The van der Waals surface area contributed by atoms with Gasteiger partial charge in [0.25, 0.3) is 0 Å². The molecule has 0 aliphatic carbocycles. The molecule has 0 spiro atoms. The van der Waals surface area contributed by atoms with Crippen molar-refractivity contribution in [1.82, 2.24) is 4.90 Å². The van der Waals surface area contributed by atoms with Crippen LogP contribution in [0.1, 0.15) is 36.6 Å². The molecule has 2 aromatic rings. The summed E-state index contributed by atoms with van der Waals surface area (Å²) in [4.78, 5) is 5.38. The third kappa shape index (κ3) is 6.45. The number of aryl methyl sites for hydroxylation is 1. The fourth-order valence-corrected chi connectivity index (χ4v) is 4.83. The van der Waals surface area contributed by atoms with E-state index in [2.05, 4.69) is 34.7 Å². The normalized spacial score (nSPS) is 19.4. The number of hydrogen-bond donors (Lipinski definition) is 2. The van der Waals surface area contributed by atoms with Crippen molar-refractivity contribution in [2.45, 2.75) is 39.7 Å². The molecule has 2 heterocycles. The molecule has 2 N–H and O–H groups in total. The number of quaternary nitrogens is 1. The van der Waals surface area contributed by atoms with Crippen molar-refractivity contribution in [2.24, 2.45) is 5.92 Å². The van der Waals surface area contributed by atoms with Crippen LogP contribution in [0.5, 0.6) is 0 Å². The highest BCUT2D eigenvalue weighted by atomic mass is 35.5. The Hall–Kier alpha value is -1.14. The number of piperidine rings is 1. The molecule has 1 aliphatic heterocycles. The van der Waals surface area contributed by atoms with Crippen LogP contribution in [-0.2, 0) is 6.54 Å². The Morgan fingerprint density at radius 2 is 2.11 bits per heavy atom. The largest absolute Gasteiger partial charge is 0.344 e. The van der Waals surface area contributed by atoms with Gasteiger partial charge in [0.1, 0.15) is 0 Å². The molecular formula is C22H31ClN3S2+. The van der Waals surface area contributed by atoms with E-state index in [1.165, 1.54) is 37.4 Å². The number of halogens is 1. The highest BCUT2D eigenvalue weighted by Crippen LogP contribution is 2.21. The van der Waals surface area contributed by atoms with Crippen LogP contribution < -0.4 is 10.2 Å². The third-order valence-corrected chi connectivity index (χ3v) is 7.21. The molecular weight excluding hydrogens is 406 g/mol. The first-order chi connectivity index (χ1) is 13.5. The molecule has 6 heteroatoms. The SMILES string of the molecule is Cc1ccc(NC(=S)N(CCC[NH+]2CCC(C)CC2)Cc2cccs2)cc1Cl. The zero-order valence-electron chi connectivity index (χ0n) is 16.8. The van der Waals surface area contributed by atoms with Gasteiger partial charge in [0.15, 0.2) is 5.11 Å². The first-order valence-electron chi connectivity index (χ1n) is 10.2. The molecule has 1 aromatic heterocycles. The predicted octanol–water partition coefficient (Wildman–Crippen LogP) is 4.61. The number of likely N-dealkylation sites (tertiary alicyclic amines) is 1. The number of nitrogens with zero attached hydrogens (tertiary/aromatic N) is 1. The molecule has 0 bridgehead atoms. The van der Waals surface area contributed by atoms with Crippen LogP contribution in [0.15, 0.2) is 35.7 Å². The number of anilines is 1. The van der Waals surface area contributed by atoms with Gasteiger partial charge in [-0.15, -0.1) is 11.3 Å². The van der Waals surface area contributed by atoms with E-state index in [4.69, 9.17) is 23.8 Å². The minimum absolute atomic E-state index is 0.764. The highest BCUT2D eigenvalue weighted by Gasteiger charge is 2.19. The zero-order valence-corrected chi connectivity index (χ0v) is 19.2. The van der Waals surface area contributed by atoms with Gasteiger partial charge in [-0.1, -0.05) is 30.7 Å². The number of thiophene rings is 1. The van der Waals surface area contributed by atoms with Crippen molar-refractivity contribution < 1.29 is 4.90 Å². The van der Waals surface area contributed by atoms with Crippen molar-refractivity contribution in [3.8, 4) is 0 Å². The molecule has 1 aromatic carbocycles. The van der Waals surface area contributed by atoms with Crippen molar-refractivity contribution >= 4 is 46.0 Å². The van der Waals surface area contributed by atoms with Gasteiger partial charge in [0.05, 0.1) is 26.2 Å². The fraction of sp³-hybridized carbons (Fsp3) is 0.500. The molecule has 1 fully saturated rings. The molecule has 0 amide bonds. The topological polar surface area (TPSA) is 19.7 Å². The highest BCUT2D eigenvalue weighted by molar-refractivity contribution is 7.80. The fourth-order valence-electron chi connectivity index (χ4n) is 3.66. The van der Waals surface area contributed by atoms with E-state index in [0.717, 1.165) is 46.8 Å². The number of nitrogens with one attached hydrogen (secondary N) is 2. The van der Waals surface area contributed by atoms with E-state index in [1.54, 1.807) is 16.2 Å². The molecule has 152 valence electrons. The Morgan fingerprint density at radius 1 is 1.32 bits per heavy atom. The van der Waals surface area contributed by atoms with Crippen LogP contribution in [0.25, 0.3) is 0 Å². The molecule has 0 radical (unpaired) electrons. The van der Waals surface area contributed by atoms with Crippen LogP contribution in [0, 0.1) is 12.8 Å². The summed E-state index contributed by atoms with van der Waals surface area (Å²) in [6.45, 7) is 10.1. The maximum Gasteiger partial charge on any atom is 0.173 e. The van der Waals surface area contributed by atoms with E-state index in [9.17, 15) is 0 Å². The Labute approximate surface area is 183 Å². The molecule has 0 atom stereocenters. The van der Waals surface area contributed by atoms with Crippen LogP contribution in [0.4, 0.5) is 5.69 Å². The van der Waals surface area contributed by atoms with Gasteiger partial charge in [-0.2, -0.15) is 0 Å². The number of hydrogen-bond acceptors (Lipinski definition) is 2. The monoisotopic (exact) mass is 436 g/mol. The lowest BCUT2D eigenvalue weighted by Crippen LogP contribution is -3.13. The molecule has 28 heavy (non-hydrogen) atoms. The Morgan fingerprint density at radius 3 is 2.79 bits per heavy atom. The van der Waals surface area contributed by atoms with Crippen LogP contribution >= 0.6 is 35.2 Å². The lowest BCUT2D eigenvalue weighted by atomic mass is 9.99. The second-order valence-electron chi connectivity index (χ2n) is 7.93. The summed E-state index contributed by atoms with van der Waals surface area (Å²) in [6, 6.07) is 10.3. The van der Waals surface area contributed by atoms with Gasteiger partial charge in [-0.3, -0.25) is 0 Å². The third-order valence-electron chi connectivity index (χ3n) is 5.58. The molecule has 1 saturated heterocycles. The van der Waals surface area contributed by atoms with Crippen LogP contribution in [0.3, 0.4) is 0 Å². The number of rotatable bonds is 7. The second-order valence-corrected chi connectivity index (χ2v) is 9.76. The van der Waals surface area contributed by atoms with Crippen molar-refractivity contribution in [3.63, 3.8) is 0 Å². The van der Waals surface area contributed by atoms with Gasteiger partial charge < -0.3 is 15.1 Å². The van der Waals surface area contributed by atoms with Crippen molar-refractivity contribution in [3.05, 3.63) is 51.2 Å². The predicted molar refractivity (Wildman–Crippen MR) is 126 cm³/mol. The van der Waals surface area contributed by atoms with E-state index in [-0.39, 0.29) is 0 Å². The minimum atomic E-state index is 0.764. The number of thiocarbonyl (C=S) groups is 1. The average Bonchev–Trinajstić information content (AvgIpc) is 3.18. The lowest BCUT2D eigenvalue weighted by Gasteiger charge is -2.29. The minimum Gasteiger partial charge on any atom is -0.344 e. The molecule has 0 unspecified atom stereocenters. The summed E-state index contributed by atoms with van der Waals surface area (Å²) in [5, 5.41) is 7.05. The summed E-state index contributed by atoms with van der Waals surface area (Å²) in [6.07, 6.45) is 3.89. The first-order valence-corrected chi connectivity index (χ1v) is 11.9. The maximum atomic E-state index is 6.27. The van der Waals surface area contributed by atoms with Gasteiger partial charge in [0.2, 0.25) is 0 Å². The van der Waals surface area contributed by atoms with Gasteiger partial charge >= 0.3 is 0 Å². The quantitative estimate of drug-likeness (QED) is 0.618. The maximum absolute atomic E-state index is 6.27. The lowest BCUT2D eigenvalue weighted by molar-refractivity contribution is -0.906. The standard InChI is InChI=1S/C22H30ClN3S2/c1-17-8-12-25(13-9-17)10-4-11-26(16-20-5-3-14-28-20)22(27)24-19-7-6-18(2)21(23)15-19/h3,5-7,14-15,17H,4,8-13,16H2,1-2H3,(H,24,27)/p+1. The molecule has 0 saturated carbocycles. The summed E-state index contributed by atoms with van der Waals surface area (Å²) in [5.74, 6) is 0.900. The van der Waals surface area contributed by atoms with E-state index in [0.29, 0.717) is 0 Å². The summed E-state index contributed by atoms with van der Waals surface area (Å²) >= 11 is 13.8. The van der Waals surface area contributed by atoms with Gasteiger partial charge in [-0.05, 0) is 67.0 Å². The van der Waals surface area contributed by atoms with Crippen molar-refractivity contribution in [2.75, 3.05) is 31.5 Å². The Balaban J connectivity index is 1.57. The van der Waals surface area contributed by atoms with Gasteiger partial charge in [0, 0.05) is 28.6 Å². The Bertz CT molecular complexity index is 755. The van der Waals surface area contributed by atoms with Crippen LogP contribution in [0.2, 0.25) is 5.02 Å². The average molecular weight is 437 g/mol. The Kier molecular flexibility index (Phi) is 8.15. The summed E-state index contributed by atoms with van der Waals surface area (Å²) < 4.78 is 0. The summed E-state index contributed by atoms with van der Waals surface area (Å²) in [7, 11) is 0. The summed E-state index contributed by atoms with van der Waals surface area (Å²) in [5.41, 5.74) is 2.03. The molecule has 3 rings (SSSR count). The molecule has 3 nitrogen and oxygen atoms in total.